The van der Waals surface area contributed by atoms with Crippen LogP contribution in [-0.4, -0.2) is 39.9 Å². The van der Waals surface area contributed by atoms with Crippen LogP contribution in [-0.2, 0) is 19.7 Å². The molecular weight excluding hydrogens is 496 g/mol. The first-order valence-corrected chi connectivity index (χ1v) is 14.9. The maximum absolute atomic E-state index is 13.5. The van der Waals surface area contributed by atoms with Crippen LogP contribution in [0.5, 0.6) is 0 Å². The summed E-state index contributed by atoms with van der Waals surface area (Å²) in [4.78, 5) is 25.8. The Kier molecular flexibility index (Phi) is 8.31. The van der Waals surface area contributed by atoms with Crippen LogP contribution < -0.4 is 0 Å². The van der Waals surface area contributed by atoms with E-state index in [0.717, 1.165) is 11.1 Å². The summed E-state index contributed by atoms with van der Waals surface area (Å²) in [5.74, 6) is -3.58. The van der Waals surface area contributed by atoms with Gasteiger partial charge in [0.05, 0.1) is 27.2 Å². The van der Waals surface area contributed by atoms with Crippen molar-refractivity contribution in [3.05, 3.63) is 95.1 Å². The Morgan fingerprint density at radius 1 is 0.583 bits per heavy atom. The zero-order valence-corrected chi connectivity index (χ0v) is 22.4. The molecule has 0 spiro atoms. The van der Waals surface area contributed by atoms with Gasteiger partial charge in [-0.25, -0.2) is 16.8 Å². The van der Waals surface area contributed by atoms with Gasteiger partial charge in [0.2, 0.25) is 0 Å². The third kappa shape index (κ3) is 6.56. The molecule has 0 saturated heterocycles. The molecule has 3 aromatic carbocycles. The first kappa shape index (κ1) is 27.5. The average molecular weight is 527 g/mol. The van der Waals surface area contributed by atoms with Crippen LogP contribution in [0.25, 0.3) is 0 Å². The minimum Gasteiger partial charge on any atom is -0.294 e. The number of hydrogen-bond donors (Lipinski definition) is 0. The normalized spacial score (nSPS) is 12.2. The number of carbonyl (C=O) groups is 2. The van der Waals surface area contributed by atoms with Crippen LogP contribution in [0, 0.1) is 25.7 Å². The molecule has 0 N–H and O–H groups in total. The Bertz CT molecular complexity index is 1370. The van der Waals surface area contributed by atoms with E-state index in [2.05, 4.69) is 0 Å². The van der Waals surface area contributed by atoms with Crippen molar-refractivity contribution in [3.8, 4) is 0 Å². The molecule has 0 atom stereocenters. The molecule has 3 aromatic rings. The lowest BCUT2D eigenvalue weighted by Crippen LogP contribution is -2.31. The topological polar surface area (TPSA) is 102 Å². The van der Waals surface area contributed by atoms with E-state index >= 15 is 0 Å². The number of sulfone groups is 2. The molecule has 0 aliphatic heterocycles. The number of hydrogen-bond acceptors (Lipinski definition) is 6. The Morgan fingerprint density at radius 3 is 1.25 bits per heavy atom. The van der Waals surface area contributed by atoms with Gasteiger partial charge in [-0.3, -0.25) is 9.59 Å². The molecule has 0 unspecified atom stereocenters. The summed E-state index contributed by atoms with van der Waals surface area (Å²) in [7, 11) is -7.93. The summed E-state index contributed by atoms with van der Waals surface area (Å²) in [6.07, 6.45) is 0. The van der Waals surface area contributed by atoms with Gasteiger partial charge < -0.3 is 0 Å². The molecule has 190 valence electrons. The van der Waals surface area contributed by atoms with Crippen LogP contribution in [0.4, 0.5) is 0 Å². The highest BCUT2D eigenvalue weighted by molar-refractivity contribution is 7.92. The summed E-state index contributed by atoms with van der Waals surface area (Å²) in [5.41, 5.74) is 2.33. The number of aryl methyl sites for hydroxylation is 2. The van der Waals surface area contributed by atoms with Gasteiger partial charge in [-0.05, 0) is 38.1 Å². The second-order valence-corrected chi connectivity index (χ2v) is 13.4. The number of benzene rings is 3. The monoisotopic (exact) mass is 526 g/mol. The van der Waals surface area contributed by atoms with Gasteiger partial charge in [0.25, 0.3) is 0 Å². The quantitative estimate of drug-likeness (QED) is 0.349. The lowest BCUT2D eigenvalue weighted by molar-refractivity contribution is 0.0930. The van der Waals surface area contributed by atoms with E-state index in [0.29, 0.717) is 5.56 Å². The maximum Gasteiger partial charge on any atom is 0.179 e. The standard InChI is InChI=1S/C28H30O6S2/c1-19(2)27(29)22-9-11-23(12-10-22)28(30)24(17-35(31,32)25-13-5-20(3)6-14-25)18-36(33,34)26-15-7-21(4)8-16-26/h5-16,19,24H,17-18H2,1-4H3. The van der Waals surface area contributed by atoms with Crippen LogP contribution >= 0.6 is 0 Å². The molecule has 0 aliphatic carbocycles. The summed E-state index contributed by atoms with van der Waals surface area (Å²) >= 11 is 0. The minimum absolute atomic E-state index is 0.0245. The zero-order valence-electron chi connectivity index (χ0n) is 20.8. The Balaban J connectivity index is 1.98. The molecule has 0 fully saturated rings. The van der Waals surface area contributed by atoms with E-state index in [1.807, 2.05) is 13.8 Å². The molecule has 36 heavy (non-hydrogen) atoms. The first-order chi connectivity index (χ1) is 16.8. The number of ketones is 2. The molecule has 0 saturated carbocycles. The smallest absolute Gasteiger partial charge is 0.179 e. The highest BCUT2D eigenvalue weighted by Gasteiger charge is 2.32. The van der Waals surface area contributed by atoms with Crippen molar-refractivity contribution < 1.29 is 26.4 Å². The number of carbonyl (C=O) groups excluding carboxylic acids is 2. The highest BCUT2D eigenvalue weighted by Crippen LogP contribution is 2.23. The number of Topliss-reactive ketones (excluding diaryl/α,β-unsaturated/α-hetero) is 2. The minimum atomic E-state index is -3.96. The molecule has 0 aliphatic rings. The zero-order chi connectivity index (χ0) is 26.7. The summed E-state index contributed by atoms with van der Waals surface area (Å²) in [6.45, 7) is 7.18. The maximum atomic E-state index is 13.5. The third-order valence-corrected chi connectivity index (χ3v) is 9.61. The molecule has 3 rings (SSSR count). The van der Waals surface area contributed by atoms with E-state index in [9.17, 15) is 26.4 Å². The van der Waals surface area contributed by atoms with Crippen LogP contribution in [0.2, 0.25) is 0 Å². The van der Waals surface area contributed by atoms with Crippen molar-refractivity contribution in [1.29, 1.82) is 0 Å². The summed E-state index contributed by atoms with van der Waals surface area (Å²) < 4.78 is 52.7. The molecule has 0 aromatic heterocycles. The summed E-state index contributed by atoms with van der Waals surface area (Å²) in [5, 5.41) is 0. The van der Waals surface area contributed by atoms with E-state index in [1.165, 1.54) is 48.5 Å². The van der Waals surface area contributed by atoms with Crippen molar-refractivity contribution in [2.75, 3.05) is 11.5 Å². The Hall–Kier alpha value is -3.10. The van der Waals surface area contributed by atoms with E-state index in [-0.39, 0.29) is 27.1 Å². The molecule has 0 amide bonds. The average Bonchev–Trinajstić information content (AvgIpc) is 2.83. The van der Waals surface area contributed by atoms with Gasteiger partial charge in [-0.1, -0.05) is 73.5 Å². The van der Waals surface area contributed by atoms with Gasteiger partial charge in [-0.15, -0.1) is 0 Å². The van der Waals surface area contributed by atoms with Crippen molar-refractivity contribution in [2.24, 2.45) is 11.8 Å². The lowest BCUT2D eigenvalue weighted by Gasteiger charge is -2.17. The van der Waals surface area contributed by atoms with Gasteiger partial charge >= 0.3 is 0 Å². The van der Waals surface area contributed by atoms with Gasteiger partial charge in [0.1, 0.15) is 0 Å². The predicted molar refractivity (Wildman–Crippen MR) is 140 cm³/mol. The van der Waals surface area contributed by atoms with Crippen molar-refractivity contribution in [3.63, 3.8) is 0 Å². The first-order valence-electron chi connectivity index (χ1n) is 11.6. The third-order valence-electron chi connectivity index (χ3n) is 5.95. The SMILES string of the molecule is Cc1ccc(S(=O)(=O)CC(CS(=O)(=O)c2ccc(C)cc2)C(=O)c2ccc(C(=O)C(C)C)cc2)cc1. The van der Waals surface area contributed by atoms with Crippen molar-refractivity contribution in [2.45, 2.75) is 37.5 Å². The van der Waals surface area contributed by atoms with Gasteiger partial charge in [0, 0.05) is 17.0 Å². The van der Waals surface area contributed by atoms with E-state index in [4.69, 9.17) is 0 Å². The van der Waals surface area contributed by atoms with Crippen LogP contribution in [0.1, 0.15) is 45.7 Å². The fraction of sp³-hybridized carbons (Fsp3) is 0.286. The van der Waals surface area contributed by atoms with E-state index < -0.39 is 42.9 Å². The largest absolute Gasteiger partial charge is 0.294 e. The second-order valence-electron chi connectivity index (χ2n) is 9.35. The van der Waals surface area contributed by atoms with E-state index in [1.54, 1.807) is 38.1 Å². The predicted octanol–water partition coefficient (Wildman–Crippen LogP) is 4.89. The van der Waals surface area contributed by atoms with Gasteiger partial charge in [-0.2, -0.15) is 0 Å². The molecule has 0 heterocycles. The molecule has 0 bridgehead atoms. The van der Waals surface area contributed by atoms with Gasteiger partial charge in [0.15, 0.2) is 31.2 Å². The van der Waals surface area contributed by atoms with Crippen molar-refractivity contribution in [1.82, 2.24) is 0 Å². The van der Waals surface area contributed by atoms with Crippen LogP contribution in [0.3, 0.4) is 0 Å². The summed E-state index contributed by atoms with van der Waals surface area (Å²) in [6, 6.07) is 18.3. The Morgan fingerprint density at radius 2 is 0.917 bits per heavy atom. The highest BCUT2D eigenvalue weighted by atomic mass is 32.2. The number of rotatable bonds is 10. The second kappa shape index (κ2) is 10.9. The fourth-order valence-corrected chi connectivity index (χ4v) is 7.01. The molecular formula is C28H30O6S2. The van der Waals surface area contributed by atoms with Crippen LogP contribution in [0.15, 0.2) is 82.6 Å². The Labute approximate surface area is 213 Å². The van der Waals surface area contributed by atoms with Crippen molar-refractivity contribution >= 4 is 31.2 Å². The molecule has 6 nitrogen and oxygen atoms in total. The lowest BCUT2D eigenvalue weighted by atomic mass is 9.96. The fourth-order valence-electron chi connectivity index (χ4n) is 3.78. The molecule has 0 radical (unpaired) electrons. The molecule has 8 heteroatoms.